The molecule has 158 valence electrons. The Bertz CT molecular complexity index is 883. The molecule has 0 aromatic heterocycles. The summed E-state index contributed by atoms with van der Waals surface area (Å²) in [4.78, 5) is 23.1. The van der Waals surface area contributed by atoms with Gasteiger partial charge in [-0.2, -0.15) is 0 Å². The molecular formula is C24H26O6. The summed E-state index contributed by atoms with van der Waals surface area (Å²) < 4.78 is 21.6. The molecule has 6 heteroatoms. The van der Waals surface area contributed by atoms with Crippen molar-refractivity contribution >= 4 is 17.8 Å². The Hall–Kier alpha value is -3.54. The second-order valence-corrected chi connectivity index (χ2v) is 6.26. The van der Waals surface area contributed by atoms with Crippen LogP contribution in [0.1, 0.15) is 29.3 Å². The molecule has 0 bridgehead atoms. The van der Waals surface area contributed by atoms with Gasteiger partial charge in [0.25, 0.3) is 0 Å². The zero-order valence-electron chi connectivity index (χ0n) is 17.3. The van der Waals surface area contributed by atoms with E-state index >= 15 is 0 Å². The minimum absolute atomic E-state index is 0.123. The van der Waals surface area contributed by atoms with Crippen LogP contribution < -0.4 is 14.2 Å². The number of Topliss-reactive ketones (excluding diaryl/α,β-unsaturated/α-hetero) is 1. The number of rotatable bonds is 12. The fourth-order valence-corrected chi connectivity index (χ4v) is 2.59. The monoisotopic (exact) mass is 410 g/mol. The van der Waals surface area contributed by atoms with Crippen LogP contribution in [0.2, 0.25) is 0 Å². The van der Waals surface area contributed by atoms with E-state index in [1.165, 1.54) is 20.1 Å². The number of methoxy groups -OCH3 is 1. The number of carbonyl (C=O) groups excluding carboxylic acids is 2. The van der Waals surface area contributed by atoms with E-state index in [1.807, 2.05) is 24.3 Å². The minimum atomic E-state index is -0.402. The summed E-state index contributed by atoms with van der Waals surface area (Å²) >= 11 is 0. The van der Waals surface area contributed by atoms with Gasteiger partial charge in [-0.3, -0.25) is 4.79 Å². The van der Waals surface area contributed by atoms with Crippen LogP contribution in [-0.2, 0) is 9.53 Å². The normalized spacial score (nSPS) is 10.5. The van der Waals surface area contributed by atoms with Crippen LogP contribution in [0.15, 0.2) is 61.2 Å². The van der Waals surface area contributed by atoms with E-state index in [0.717, 1.165) is 11.3 Å². The fourth-order valence-electron chi connectivity index (χ4n) is 2.59. The standard InChI is InChI=1S/C24H26O6/c1-4-15-29-21-7-5-8-22(24(21)18(2)25)30-17-6-16-28-20-12-9-19(10-13-20)11-14-23(26)27-3/h4-5,7-14H,1,6,15-17H2,2-3H3. The lowest BCUT2D eigenvalue weighted by atomic mass is 10.1. The summed E-state index contributed by atoms with van der Waals surface area (Å²) in [5.41, 5.74) is 1.29. The first-order valence-corrected chi connectivity index (χ1v) is 9.54. The van der Waals surface area contributed by atoms with Crippen molar-refractivity contribution in [2.75, 3.05) is 26.9 Å². The second-order valence-electron chi connectivity index (χ2n) is 6.26. The van der Waals surface area contributed by atoms with Crippen LogP contribution in [0.4, 0.5) is 0 Å². The van der Waals surface area contributed by atoms with E-state index in [9.17, 15) is 9.59 Å². The molecule has 0 aliphatic heterocycles. The van der Waals surface area contributed by atoms with Gasteiger partial charge < -0.3 is 18.9 Å². The maximum Gasteiger partial charge on any atom is 0.330 e. The maximum absolute atomic E-state index is 12.0. The van der Waals surface area contributed by atoms with Crippen LogP contribution in [0.3, 0.4) is 0 Å². The van der Waals surface area contributed by atoms with Crippen LogP contribution in [0, 0.1) is 0 Å². The van der Waals surface area contributed by atoms with Gasteiger partial charge in [-0.1, -0.05) is 30.9 Å². The Morgan fingerprint density at radius 1 is 0.967 bits per heavy atom. The first kappa shape index (κ1) is 22.7. The molecule has 0 radical (unpaired) electrons. The van der Waals surface area contributed by atoms with Crippen molar-refractivity contribution < 1.29 is 28.5 Å². The quantitative estimate of drug-likeness (QED) is 0.169. The van der Waals surface area contributed by atoms with Gasteiger partial charge in [-0.15, -0.1) is 0 Å². The largest absolute Gasteiger partial charge is 0.493 e. The predicted molar refractivity (Wildman–Crippen MR) is 115 cm³/mol. The summed E-state index contributed by atoms with van der Waals surface area (Å²) in [6.07, 6.45) is 5.29. The molecule has 2 rings (SSSR count). The van der Waals surface area contributed by atoms with Crippen molar-refractivity contribution in [2.24, 2.45) is 0 Å². The molecule has 0 fully saturated rings. The first-order chi connectivity index (χ1) is 14.5. The Morgan fingerprint density at radius 2 is 1.63 bits per heavy atom. The van der Waals surface area contributed by atoms with Crippen molar-refractivity contribution in [3.05, 3.63) is 72.3 Å². The minimum Gasteiger partial charge on any atom is -0.493 e. The summed E-state index contributed by atoms with van der Waals surface area (Å²) in [6, 6.07) is 12.6. The lowest BCUT2D eigenvalue weighted by Crippen LogP contribution is -2.09. The molecule has 0 heterocycles. The van der Waals surface area contributed by atoms with E-state index in [2.05, 4.69) is 11.3 Å². The molecule has 0 saturated carbocycles. The van der Waals surface area contributed by atoms with E-state index in [4.69, 9.17) is 14.2 Å². The highest BCUT2D eigenvalue weighted by Crippen LogP contribution is 2.29. The number of ether oxygens (including phenoxy) is 4. The van der Waals surface area contributed by atoms with Gasteiger partial charge in [0, 0.05) is 12.5 Å². The molecule has 0 aliphatic carbocycles. The molecule has 30 heavy (non-hydrogen) atoms. The van der Waals surface area contributed by atoms with Crippen molar-refractivity contribution in [1.82, 2.24) is 0 Å². The van der Waals surface area contributed by atoms with Crippen LogP contribution >= 0.6 is 0 Å². The summed E-state index contributed by atoms with van der Waals surface area (Å²) in [5, 5.41) is 0. The number of hydrogen-bond donors (Lipinski definition) is 0. The predicted octanol–water partition coefficient (Wildman–Crippen LogP) is 4.49. The molecule has 2 aromatic rings. The number of benzene rings is 2. The zero-order valence-corrected chi connectivity index (χ0v) is 17.3. The Balaban J connectivity index is 1.83. The molecule has 0 N–H and O–H groups in total. The van der Waals surface area contributed by atoms with Gasteiger partial charge in [-0.25, -0.2) is 4.79 Å². The van der Waals surface area contributed by atoms with Crippen molar-refractivity contribution in [1.29, 1.82) is 0 Å². The van der Waals surface area contributed by atoms with Crippen LogP contribution in [0.5, 0.6) is 17.2 Å². The average molecular weight is 410 g/mol. The Kier molecular flexibility index (Phi) is 9.18. The van der Waals surface area contributed by atoms with E-state index in [1.54, 1.807) is 30.4 Å². The molecule has 0 atom stereocenters. The molecule has 0 aliphatic rings. The summed E-state index contributed by atoms with van der Waals surface area (Å²) in [7, 11) is 1.33. The smallest absolute Gasteiger partial charge is 0.330 e. The third kappa shape index (κ3) is 7.13. The summed E-state index contributed by atoms with van der Waals surface area (Å²) in [5.74, 6) is 1.17. The average Bonchev–Trinajstić information content (AvgIpc) is 2.76. The molecule has 6 nitrogen and oxygen atoms in total. The molecule has 2 aromatic carbocycles. The highest BCUT2D eigenvalue weighted by atomic mass is 16.5. The SMILES string of the molecule is C=CCOc1cccc(OCCCOc2ccc(C=CC(=O)OC)cc2)c1C(C)=O. The number of carbonyl (C=O) groups is 2. The topological polar surface area (TPSA) is 71.1 Å². The molecular weight excluding hydrogens is 384 g/mol. The van der Waals surface area contributed by atoms with Crippen molar-refractivity contribution in [3.63, 3.8) is 0 Å². The summed E-state index contributed by atoms with van der Waals surface area (Å²) in [6.45, 7) is 6.26. The fraction of sp³-hybridized carbons (Fsp3) is 0.250. The highest BCUT2D eigenvalue weighted by molar-refractivity contribution is 5.99. The van der Waals surface area contributed by atoms with Crippen LogP contribution in [0.25, 0.3) is 6.08 Å². The van der Waals surface area contributed by atoms with E-state index in [0.29, 0.717) is 43.3 Å². The van der Waals surface area contributed by atoms with Crippen molar-refractivity contribution in [3.8, 4) is 17.2 Å². The van der Waals surface area contributed by atoms with Gasteiger partial charge in [0.05, 0.1) is 20.3 Å². The third-order valence-corrected chi connectivity index (χ3v) is 4.00. The van der Waals surface area contributed by atoms with Gasteiger partial charge in [0.1, 0.15) is 29.4 Å². The lowest BCUT2D eigenvalue weighted by Gasteiger charge is -2.14. The number of hydrogen-bond acceptors (Lipinski definition) is 6. The van der Waals surface area contributed by atoms with E-state index in [-0.39, 0.29) is 5.78 Å². The number of esters is 1. The van der Waals surface area contributed by atoms with Crippen molar-refractivity contribution in [2.45, 2.75) is 13.3 Å². The zero-order chi connectivity index (χ0) is 21.8. The lowest BCUT2D eigenvalue weighted by molar-refractivity contribution is -0.134. The van der Waals surface area contributed by atoms with E-state index < -0.39 is 5.97 Å². The second kappa shape index (κ2) is 12.1. The van der Waals surface area contributed by atoms with Gasteiger partial charge in [-0.05, 0) is 42.8 Å². The molecule has 0 unspecified atom stereocenters. The Labute approximate surface area is 176 Å². The molecule has 0 saturated heterocycles. The highest BCUT2D eigenvalue weighted by Gasteiger charge is 2.15. The van der Waals surface area contributed by atoms with Crippen LogP contribution in [-0.4, -0.2) is 38.7 Å². The van der Waals surface area contributed by atoms with Gasteiger partial charge >= 0.3 is 5.97 Å². The Morgan fingerprint density at radius 3 is 2.27 bits per heavy atom. The third-order valence-electron chi connectivity index (χ3n) is 4.00. The first-order valence-electron chi connectivity index (χ1n) is 9.54. The van der Waals surface area contributed by atoms with Gasteiger partial charge in [0.15, 0.2) is 5.78 Å². The van der Waals surface area contributed by atoms with Gasteiger partial charge in [0.2, 0.25) is 0 Å². The number of ketones is 1. The maximum atomic E-state index is 12.0. The molecule has 0 amide bonds. The molecule has 0 spiro atoms.